The van der Waals surface area contributed by atoms with Crippen molar-refractivity contribution in [3.8, 4) is 0 Å². The minimum absolute atomic E-state index is 0.0609. The van der Waals surface area contributed by atoms with Crippen molar-refractivity contribution < 1.29 is 14.5 Å². The Labute approximate surface area is 123 Å². The first-order valence-corrected chi connectivity index (χ1v) is 7.51. The molecule has 0 bridgehead atoms. The number of halogens is 1. The van der Waals surface area contributed by atoms with Gasteiger partial charge < -0.3 is 4.90 Å². The first-order valence-electron chi connectivity index (χ1n) is 7.14. The number of quaternary nitrogens is 1. The highest BCUT2D eigenvalue weighted by molar-refractivity contribution is 6.30. The Morgan fingerprint density at radius 3 is 2.35 bits per heavy atom. The minimum Gasteiger partial charge on any atom is -0.324 e. The van der Waals surface area contributed by atoms with E-state index in [-0.39, 0.29) is 17.9 Å². The third kappa shape index (κ3) is 2.45. The Kier molecular flexibility index (Phi) is 3.76. The summed E-state index contributed by atoms with van der Waals surface area (Å²) in [5.74, 6) is -0.158. The zero-order valence-electron chi connectivity index (χ0n) is 11.3. The third-order valence-electron chi connectivity index (χ3n) is 4.22. The summed E-state index contributed by atoms with van der Waals surface area (Å²) in [5, 5.41) is 0.603. The number of carbonyl (C=O) groups is 2. The Balaban J connectivity index is 1.81. The van der Waals surface area contributed by atoms with Crippen LogP contribution in [0.15, 0.2) is 24.3 Å². The van der Waals surface area contributed by atoms with Gasteiger partial charge in [-0.15, -0.1) is 0 Å². The van der Waals surface area contributed by atoms with E-state index in [4.69, 9.17) is 11.6 Å². The van der Waals surface area contributed by atoms with Gasteiger partial charge in [-0.2, -0.15) is 0 Å². The van der Waals surface area contributed by atoms with Gasteiger partial charge in [-0.05, 0) is 43.5 Å². The normalized spacial score (nSPS) is 24.4. The number of anilines is 1. The van der Waals surface area contributed by atoms with Crippen LogP contribution in [0.4, 0.5) is 5.69 Å². The summed E-state index contributed by atoms with van der Waals surface area (Å²) in [6, 6.07) is 6.67. The predicted octanol–water partition coefficient (Wildman–Crippen LogP) is 1.04. The Bertz CT molecular complexity index is 523. The van der Waals surface area contributed by atoms with Gasteiger partial charge in [-0.25, -0.2) is 4.90 Å². The molecule has 0 spiro atoms. The van der Waals surface area contributed by atoms with Crippen LogP contribution in [-0.4, -0.2) is 30.9 Å². The summed E-state index contributed by atoms with van der Waals surface area (Å²) >= 11 is 5.85. The second kappa shape index (κ2) is 5.54. The monoisotopic (exact) mass is 293 g/mol. The maximum Gasteiger partial charge on any atom is 0.292 e. The number of imide groups is 1. The molecule has 2 aliphatic heterocycles. The summed E-state index contributed by atoms with van der Waals surface area (Å²) in [4.78, 5) is 27.3. The summed E-state index contributed by atoms with van der Waals surface area (Å²) in [5.41, 5.74) is 0.628. The molecule has 2 aliphatic rings. The van der Waals surface area contributed by atoms with Crippen molar-refractivity contribution >= 4 is 29.1 Å². The molecule has 1 aromatic rings. The molecule has 1 N–H and O–H groups in total. The topological polar surface area (TPSA) is 41.8 Å². The molecule has 0 radical (unpaired) electrons. The van der Waals surface area contributed by atoms with Gasteiger partial charge in [0.1, 0.15) is 0 Å². The molecular formula is C15H18ClN2O2+. The highest BCUT2D eigenvalue weighted by Gasteiger charge is 2.45. The standard InChI is InChI=1S/C15H17ClN2O2/c16-11-4-6-12(7-5-11)18-14(19)10-13(15(18)20)17-8-2-1-3-9-17/h4-7,13H,1-3,8-10H2/p+1/t13-/m0/s1. The number of benzene rings is 1. The predicted molar refractivity (Wildman–Crippen MR) is 76.9 cm³/mol. The van der Waals surface area contributed by atoms with Gasteiger partial charge >= 0.3 is 0 Å². The van der Waals surface area contributed by atoms with Crippen molar-refractivity contribution in [3.63, 3.8) is 0 Å². The summed E-state index contributed by atoms with van der Waals surface area (Å²) in [6.45, 7) is 2.00. The van der Waals surface area contributed by atoms with Crippen LogP contribution >= 0.6 is 11.6 Å². The zero-order valence-corrected chi connectivity index (χ0v) is 12.0. The summed E-state index contributed by atoms with van der Waals surface area (Å²) < 4.78 is 0. The van der Waals surface area contributed by atoms with Gasteiger partial charge in [0.05, 0.1) is 25.2 Å². The quantitative estimate of drug-likeness (QED) is 0.828. The van der Waals surface area contributed by atoms with Crippen molar-refractivity contribution in [2.24, 2.45) is 0 Å². The zero-order chi connectivity index (χ0) is 14.1. The molecule has 0 saturated carbocycles. The maximum absolute atomic E-state index is 12.6. The van der Waals surface area contributed by atoms with E-state index in [1.807, 2.05) is 0 Å². The van der Waals surface area contributed by atoms with Gasteiger partial charge in [-0.1, -0.05) is 11.6 Å². The summed E-state index contributed by atoms with van der Waals surface area (Å²) in [7, 11) is 0. The van der Waals surface area contributed by atoms with E-state index >= 15 is 0 Å². The largest absolute Gasteiger partial charge is 0.324 e. The number of likely N-dealkylation sites (tertiary alicyclic amines) is 1. The number of rotatable bonds is 2. The molecule has 20 heavy (non-hydrogen) atoms. The van der Waals surface area contributed by atoms with Crippen LogP contribution in [0.2, 0.25) is 5.02 Å². The van der Waals surface area contributed by atoms with E-state index in [2.05, 4.69) is 0 Å². The van der Waals surface area contributed by atoms with Crippen LogP contribution in [-0.2, 0) is 9.59 Å². The van der Waals surface area contributed by atoms with Crippen molar-refractivity contribution in [2.75, 3.05) is 18.0 Å². The molecule has 0 aliphatic carbocycles. The third-order valence-corrected chi connectivity index (χ3v) is 4.47. The van der Waals surface area contributed by atoms with Crippen LogP contribution in [0, 0.1) is 0 Å². The van der Waals surface area contributed by atoms with E-state index in [9.17, 15) is 9.59 Å². The average molecular weight is 294 g/mol. The molecule has 2 heterocycles. The molecule has 1 atom stereocenters. The number of hydrogen-bond donors (Lipinski definition) is 1. The van der Waals surface area contributed by atoms with Crippen molar-refractivity contribution in [1.29, 1.82) is 0 Å². The Morgan fingerprint density at radius 1 is 1.05 bits per heavy atom. The number of nitrogens with zero attached hydrogens (tertiary/aromatic N) is 1. The van der Waals surface area contributed by atoms with Gasteiger partial charge in [-0.3, -0.25) is 9.59 Å². The van der Waals surface area contributed by atoms with Crippen LogP contribution in [0.5, 0.6) is 0 Å². The molecule has 2 saturated heterocycles. The number of piperidine rings is 1. The highest BCUT2D eigenvalue weighted by Crippen LogP contribution is 2.23. The van der Waals surface area contributed by atoms with E-state index in [1.165, 1.54) is 16.2 Å². The fraction of sp³-hybridized carbons (Fsp3) is 0.467. The second-order valence-corrected chi connectivity index (χ2v) is 5.96. The SMILES string of the molecule is O=C1C[C@H]([NH+]2CCCCC2)C(=O)N1c1ccc(Cl)cc1. The fourth-order valence-electron chi connectivity index (χ4n) is 3.17. The van der Waals surface area contributed by atoms with E-state index < -0.39 is 0 Å². The second-order valence-electron chi connectivity index (χ2n) is 5.52. The molecule has 4 nitrogen and oxygen atoms in total. The van der Waals surface area contributed by atoms with Crippen LogP contribution < -0.4 is 9.80 Å². The number of carbonyl (C=O) groups excluding carboxylic acids is 2. The van der Waals surface area contributed by atoms with Crippen molar-refractivity contribution in [2.45, 2.75) is 31.7 Å². The maximum atomic E-state index is 12.6. The lowest BCUT2D eigenvalue weighted by Crippen LogP contribution is -3.17. The average Bonchev–Trinajstić information content (AvgIpc) is 2.76. The minimum atomic E-state index is -0.196. The van der Waals surface area contributed by atoms with Crippen LogP contribution in [0.3, 0.4) is 0 Å². The highest BCUT2D eigenvalue weighted by atomic mass is 35.5. The van der Waals surface area contributed by atoms with Gasteiger partial charge in [0.15, 0.2) is 6.04 Å². The lowest BCUT2D eigenvalue weighted by Gasteiger charge is -2.27. The number of nitrogens with one attached hydrogen (secondary N) is 1. The first-order chi connectivity index (χ1) is 9.66. The Morgan fingerprint density at radius 2 is 1.70 bits per heavy atom. The molecule has 0 unspecified atom stereocenters. The molecule has 5 heteroatoms. The lowest BCUT2D eigenvalue weighted by atomic mass is 10.1. The number of amides is 2. The van der Waals surface area contributed by atoms with E-state index in [0.29, 0.717) is 17.1 Å². The van der Waals surface area contributed by atoms with Crippen molar-refractivity contribution in [1.82, 2.24) is 0 Å². The van der Waals surface area contributed by atoms with E-state index in [0.717, 1.165) is 25.9 Å². The lowest BCUT2D eigenvalue weighted by molar-refractivity contribution is -0.919. The molecule has 2 fully saturated rings. The Hall–Kier alpha value is -1.39. The molecule has 106 valence electrons. The smallest absolute Gasteiger partial charge is 0.292 e. The molecular weight excluding hydrogens is 276 g/mol. The summed E-state index contributed by atoms with van der Waals surface area (Å²) in [6.07, 6.45) is 3.86. The number of hydrogen-bond acceptors (Lipinski definition) is 2. The molecule has 2 amide bonds. The first kappa shape index (κ1) is 13.6. The van der Waals surface area contributed by atoms with Crippen LogP contribution in [0.25, 0.3) is 0 Å². The van der Waals surface area contributed by atoms with Crippen LogP contribution in [0.1, 0.15) is 25.7 Å². The van der Waals surface area contributed by atoms with Gasteiger partial charge in [0.25, 0.3) is 5.91 Å². The molecule has 0 aromatic heterocycles. The molecule has 3 rings (SSSR count). The molecule has 1 aromatic carbocycles. The fourth-order valence-corrected chi connectivity index (χ4v) is 3.29. The van der Waals surface area contributed by atoms with Gasteiger partial charge in [0, 0.05) is 5.02 Å². The van der Waals surface area contributed by atoms with E-state index in [1.54, 1.807) is 24.3 Å². The van der Waals surface area contributed by atoms with Gasteiger partial charge in [0.2, 0.25) is 5.91 Å². The van der Waals surface area contributed by atoms with Crippen molar-refractivity contribution in [3.05, 3.63) is 29.3 Å².